The SMILES string of the molecule is CC/C(=C\C(=O)OC)c1ccc(N(CC(C)C)C2CCCCC2)c([N+](=O)[O-])c1. The van der Waals surface area contributed by atoms with Crippen LogP contribution in [0.1, 0.15) is 64.9 Å². The summed E-state index contributed by atoms with van der Waals surface area (Å²) >= 11 is 0. The molecule has 1 aliphatic carbocycles. The number of nitro benzene ring substituents is 1. The van der Waals surface area contributed by atoms with Gasteiger partial charge in [0.25, 0.3) is 5.69 Å². The summed E-state index contributed by atoms with van der Waals surface area (Å²) in [7, 11) is 1.33. The molecule has 0 atom stereocenters. The zero-order valence-electron chi connectivity index (χ0n) is 17.4. The summed E-state index contributed by atoms with van der Waals surface area (Å²) in [5.41, 5.74) is 2.21. The first-order valence-electron chi connectivity index (χ1n) is 10.2. The minimum atomic E-state index is -0.452. The first-order chi connectivity index (χ1) is 13.4. The number of ether oxygens (including phenoxy) is 1. The number of esters is 1. The van der Waals surface area contributed by atoms with Crippen LogP contribution in [0.2, 0.25) is 0 Å². The summed E-state index contributed by atoms with van der Waals surface area (Å²) in [6.45, 7) is 7.00. The second kappa shape index (κ2) is 10.2. The van der Waals surface area contributed by atoms with Crippen molar-refractivity contribution in [2.45, 2.75) is 65.3 Å². The van der Waals surface area contributed by atoms with E-state index in [0.29, 0.717) is 29.6 Å². The summed E-state index contributed by atoms with van der Waals surface area (Å²) in [4.78, 5) is 25.5. The Morgan fingerprint density at radius 2 is 2.00 bits per heavy atom. The Kier molecular flexibility index (Phi) is 8.03. The molecular weight excluding hydrogens is 356 g/mol. The third kappa shape index (κ3) is 5.57. The van der Waals surface area contributed by atoms with E-state index in [1.165, 1.54) is 32.4 Å². The minimum Gasteiger partial charge on any atom is -0.466 e. The summed E-state index contributed by atoms with van der Waals surface area (Å²) in [6, 6.07) is 5.68. The fourth-order valence-corrected chi connectivity index (χ4v) is 3.93. The minimum absolute atomic E-state index is 0.105. The zero-order valence-corrected chi connectivity index (χ0v) is 17.4. The van der Waals surface area contributed by atoms with Crippen LogP contribution in [-0.4, -0.2) is 30.6 Å². The van der Waals surface area contributed by atoms with Crippen molar-refractivity contribution in [3.8, 4) is 0 Å². The van der Waals surface area contributed by atoms with Gasteiger partial charge >= 0.3 is 5.97 Å². The van der Waals surface area contributed by atoms with Crippen molar-refractivity contribution in [2.75, 3.05) is 18.6 Å². The molecule has 1 aromatic rings. The molecule has 28 heavy (non-hydrogen) atoms. The Morgan fingerprint density at radius 3 is 2.54 bits per heavy atom. The highest BCUT2D eigenvalue weighted by atomic mass is 16.6. The molecule has 1 aromatic carbocycles. The number of benzene rings is 1. The molecule has 0 unspecified atom stereocenters. The molecule has 0 aliphatic heterocycles. The van der Waals surface area contributed by atoms with Crippen LogP contribution < -0.4 is 4.90 Å². The molecule has 6 nitrogen and oxygen atoms in total. The number of hydrogen-bond acceptors (Lipinski definition) is 5. The summed E-state index contributed by atoms with van der Waals surface area (Å²) in [5.74, 6) is -0.0427. The molecule has 154 valence electrons. The maximum atomic E-state index is 11.9. The van der Waals surface area contributed by atoms with Gasteiger partial charge in [0.1, 0.15) is 5.69 Å². The molecule has 0 N–H and O–H groups in total. The Balaban J connectivity index is 2.48. The molecule has 1 saturated carbocycles. The van der Waals surface area contributed by atoms with E-state index in [4.69, 9.17) is 4.74 Å². The van der Waals surface area contributed by atoms with E-state index in [0.717, 1.165) is 25.0 Å². The molecule has 0 radical (unpaired) electrons. The first kappa shape index (κ1) is 21.9. The number of nitrogens with zero attached hydrogens (tertiary/aromatic N) is 2. The summed E-state index contributed by atoms with van der Waals surface area (Å²) in [6.07, 6.45) is 7.74. The third-order valence-corrected chi connectivity index (χ3v) is 5.30. The number of rotatable bonds is 8. The third-order valence-electron chi connectivity index (χ3n) is 5.30. The van der Waals surface area contributed by atoms with Gasteiger partial charge in [-0.25, -0.2) is 4.79 Å². The quantitative estimate of drug-likeness (QED) is 0.259. The molecule has 0 bridgehead atoms. The molecule has 2 rings (SSSR count). The van der Waals surface area contributed by atoms with E-state index < -0.39 is 5.97 Å². The van der Waals surface area contributed by atoms with Crippen LogP contribution >= 0.6 is 0 Å². The molecule has 0 saturated heterocycles. The Bertz CT molecular complexity index is 721. The van der Waals surface area contributed by atoms with Gasteiger partial charge in [-0.1, -0.05) is 46.1 Å². The van der Waals surface area contributed by atoms with Gasteiger partial charge in [-0.05, 0) is 42.4 Å². The average Bonchev–Trinajstić information content (AvgIpc) is 2.70. The maximum absolute atomic E-state index is 11.9. The smallest absolute Gasteiger partial charge is 0.330 e. The predicted molar refractivity (Wildman–Crippen MR) is 112 cm³/mol. The van der Waals surface area contributed by atoms with Crippen molar-refractivity contribution in [1.29, 1.82) is 0 Å². The lowest BCUT2D eigenvalue weighted by Gasteiger charge is -2.37. The van der Waals surface area contributed by atoms with Gasteiger partial charge in [0.2, 0.25) is 0 Å². The zero-order chi connectivity index (χ0) is 20.7. The highest BCUT2D eigenvalue weighted by Gasteiger charge is 2.28. The maximum Gasteiger partial charge on any atom is 0.330 e. The van der Waals surface area contributed by atoms with Crippen LogP contribution in [0, 0.1) is 16.0 Å². The highest BCUT2D eigenvalue weighted by Crippen LogP contribution is 2.36. The van der Waals surface area contributed by atoms with E-state index in [9.17, 15) is 14.9 Å². The van der Waals surface area contributed by atoms with Crippen molar-refractivity contribution in [3.05, 3.63) is 40.0 Å². The van der Waals surface area contributed by atoms with Crippen LogP contribution in [0.3, 0.4) is 0 Å². The molecule has 6 heteroatoms. The number of methoxy groups -OCH3 is 1. The van der Waals surface area contributed by atoms with Gasteiger partial charge in [0, 0.05) is 24.7 Å². The number of carbonyl (C=O) groups excluding carboxylic acids is 1. The number of anilines is 1. The molecule has 0 amide bonds. The Labute approximate surface area is 167 Å². The fraction of sp³-hybridized carbons (Fsp3) is 0.591. The topological polar surface area (TPSA) is 72.7 Å². The first-order valence-corrected chi connectivity index (χ1v) is 10.2. The lowest BCUT2D eigenvalue weighted by atomic mass is 9.92. The van der Waals surface area contributed by atoms with Crippen molar-refractivity contribution in [1.82, 2.24) is 0 Å². The Hall–Kier alpha value is -2.37. The van der Waals surface area contributed by atoms with E-state index in [2.05, 4.69) is 18.7 Å². The van der Waals surface area contributed by atoms with Crippen molar-refractivity contribution in [3.63, 3.8) is 0 Å². The Morgan fingerprint density at radius 1 is 1.32 bits per heavy atom. The summed E-state index contributed by atoms with van der Waals surface area (Å²) < 4.78 is 4.71. The predicted octanol–water partition coefficient (Wildman–Crippen LogP) is 5.36. The van der Waals surface area contributed by atoms with E-state index in [1.807, 2.05) is 19.1 Å². The largest absolute Gasteiger partial charge is 0.466 e. The molecule has 0 aromatic heterocycles. The van der Waals surface area contributed by atoms with Crippen LogP contribution in [0.5, 0.6) is 0 Å². The van der Waals surface area contributed by atoms with Crippen LogP contribution in [0.15, 0.2) is 24.3 Å². The van der Waals surface area contributed by atoms with E-state index in [1.54, 1.807) is 6.07 Å². The van der Waals surface area contributed by atoms with Gasteiger partial charge in [-0.3, -0.25) is 10.1 Å². The van der Waals surface area contributed by atoms with Crippen LogP contribution in [-0.2, 0) is 9.53 Å². The second-order valence-corrected chi connectivity index (χ2v) is 7.84. The molecular formula is C22H32N2O4. The summed E-state index contributed by atoms with van der Waals surface area (Å²) in [5, 5.41) is 11.9. The average molecular weight is 389 g/mol. The highest BCUT2D eigenvalue weighted by molar-refractivity contribution is 5.91. The lowest BCUT2D eigenvalue weighted by Crippen LogP contribution is -2.39. The lowest BCUT2D eigenvalue weighted by molar-refractivity contribution is -0.384. The van der Waals surface area contributed by atoms with Crippen LogP contribution in [0.4, 0.5) is 11.4 Å². The monoisotopic (exact) mass is 388 g/mol. The fourth-order valence-electron chi connectivity index (χ4n) is 3.93. The van der Waals surface area contributed by atoms with E-state index in [-0.39, 0.29) is 10.6 Å². The van der Waals surface area contributed by atoms with Crippen molar-refractivity contribution in [2.24, 2.45) is 5.92 Å². The normalized spacial score (nSPS) is 15.5. The van der Waals surface area contributed by atoms with Gasteiger partial charge < -0.3 is 9.64 Å². The molecule has 0 spiro atoms. The molecule has 1 aliphatic rings. The standard InChI is InChI=1S/C22H32N2O4/c1-5-17(14-22(25)28-4)18-11-12-20(21(13-18)24(26)27)23(15-16(2)3)19-9-7-6-8-10-19/h11-14,16,19H,5-10,15H2,1-4H3/b17-14+. The van der Waals surface area contributed by atoms with Crippen molar-refractivity contribution < 1.29 is 14.5 Å². The van der Waals surface area contributed by atoms with Gasteiger partial charge in [0.05, 0.1) is 12.0 Å². The van der Waals surface area contributed by atoms with E-state index >= 15 is 0 Å². The van der Waals surface area contributed by atoms with Crippen LogP contribution in [0.25, 0.3) is 5.57 Å². The number of nitro groups is 1. The second-order valence-electron chi connectivity index (χ2n) is 7.84. The number of carbonyl (C=O) groups is 1. The molecule has 0 heterocycles. The van der Waals surface area contributed by atoms with Gasteiger partial charge in [-0.15, -0.1) is 0 Å². The number of allylic oxidation sites excluding steroid dienone is 1. The van der Waals surface area contributed by atoms with Gasteiger partial charge in [0.15, 0.2) is 0 Å². The molecule has 1 fully saturated rings. The van der Waals surface area contributed by atoms with Gasteiger partial charge in [-0.2, -0.15) is 0 Å². The van der Waals surface area contributed by atoms with Crippen molar-refractivity contribution >= 4 is 22.9 Å². The number of hydrogen-bond donors (Lipinski definition) is 0.